The summed E-state index contributed by atoms with van der Waals surface area (Å²) in [5.74, 6) is -0.412. The highest BCUT2D eigenvalue weighted by Crippen LogP contribution is 2.29. The van der Waals surface area contributed by atoms with Crippen molar-refractivity contribution in [1.82, 2.24) is 10.2 Å². The Kier molecular flexibility index (Phi) is 11.7. The molecule has 0 aliphatic heterocycles. The maximum Gasteiger partial charge on any atom is 0.264 e. The summed E-state index contributed by atoms with van der Waals surface area (Å²) >= 11 is 12.9. The number of rotatable bonds is 13. The molecule has 0 fully saturated rings. The molecule has 11 heteroatoms. The van der Waals surface area contributed by atoms with Gasteiger partial charge in [0.25, 0.3) is 10.0 Å². The summed E-state index contributed by atoms with van der Waals surface area (Å²) in [7, 11) is -2.69. The fourth-order valence-electron chi connectivity index (χ4n) is 4.33. The number of anilines is 1. The van der Waals surface area contributed by atoms with E-state index in [1.807, 2.05) is 20.8 Å². The van der Waals surface area contributed by atoms with Crippen molar-refractivity contribution in [2.45, 2.75) is 64.1 Å². The van der Waals surface area contributed by atoms with Gasteiger partial charge in [-0.25, -0.2) is 8.42 Å². The molecule has 0 saturated carbocycles. The van der Waals surface area contributed by atoms with Crippen LogP contribution >= 0.6 is 23.2 Å². The van der Waals surface area contributed by atoms with Gasteiger partial charge in [0, 0.05) is 28.2 Å². The highest BCUT2D eigenvalue weighted by Gasteiger charge is 2.34. The molecule has 0 bridgehead atoms. The van der Waals surface area contributed by atoms with Gasteiger partial charge in [0.15, 0.2) is 0 Å². The minimum absolute atomic E-state index is 0.0268. The van der Waals surface area contributed by atoms with Gasteiger partial charge in [-0.3, -0.25) is 13.9 Å². The number of hydrogen-bond donors (Lipinski definition) is 1. The van der Waals surface area contributed by atoms with Crippen molar-refractivity contribution in [2.75, 3.05) is 18.0 Å². The molecule has 0 aromatic heterocycles. The summed E-state index contributed by atoms with van der Waals surface area (Å²) in [6, 6.07) is 16.7. The first kappa shape index (κ1) is 33.2. The molecule has 42 heavy (non-hydrogen) atoms. The smallest absolute Gasteiger partial charge is 0.264 e. The van der Waals surface area contributed by atoms with Crippen LogP contribution in [0, 0.1) is 6.92 Å². The Labute approximate surface area is 258 Å². The second-order valence-corrected chi connectivity index (χ2v) is 12.7. The van der Waals surface area contributed by atoms with Crippen molar-refractivity contribution in [3.63, 3.8) is 0 Å². The molecule has 0 spiro atoms. The summed E-state index contributed by atoms with van der Waals surface area (Å²) in [6.45, 7) is 6.80. The van der Waals surface area contributed by atoms with Gasteiger partial charge in [-0.15, -0.1) is 0 Å². The molecule has 0 unspecified atom stereocenters. The van der Waals surface area contributed by atoms with Crippen molar-refractivity contribution in [3.8, 4) is 5.75 Å². The van der Waals surface area contributed by atoms with Crippen LogP contribution in [-0.4, -0.2) is 50.9 Å². The van der Waals surface area contributed by atoms with Crippen molar-refractivity contribution >= 4 is 50.7 Å². The zero-order valence-electron chi connectivity index (χ0n) is 24.4. The second kappa shape index (κ2) is 14.8. The molecule has 8 nitrogen and oxygen atoms in total. The number of amides is 2. The number of nitrogens with one attached hydrogen (secondary N) is 1. The molecule has 3 aromatic carbocycles. The Bertz CT molecular complexity index is 1460. The molecule has 226 valence electrons. The van der Waals surface area contributed by atoms with Crippen LogP contribution in [0.1, 0.15) is 44.7 Å². The number of carbonyl (C=O) groups excluding carboxylic acids is 2. The quantitative estimate of drug-likeness (QED) is 0.241. The number of hydrogen-bond acceptors (Lipinski definition) is 5. The average Bonchev–Trinajstić information content (AvgIpc) is 2.97. The van der Waals surface area contributed by atoms with Crippen molar-refractivity contribution in [1.29, 1.82) is 0 Å². The molecule has 0 heterocycles. The van der Waals surface area contributed by atoms with Gasteiger partial charge in [0.1, 0.15) is 18.3 Å². The largest absolute Gasteiger partial charge is 0.497 e. The third-order valence-corrected chi connectivity index (χ3v) is 9.52. The summed E-state index contributed by atoms with van der Waals surface area (Å²) in [4.78, 5) is 29.0. The standard InChI is InChI=1S/C31H37Cl2N3O5S/c1-6-22(4)34-31(38)29(7-2)35(19-26-27(32)9-8-10-28(26)33)30(37)20-36(23-13-15-24(41-5)16-14-23)42(39,40)25-17-11-21(3)12-18-25/h8-18,22,29H,6-7,19-20H2,1-5H3,(H,34,38)/t22-,29+/m0/s1. The van der Waals surface area contributed by atoms with E-state index in [2.05, 4.69) is 5.32 Å². The Morgan fingerprint density at radius 3 is 2.05 bits per heavy atom. The number of halogens is 2. The maximum absolute atomic E-state index is 14.2. The lowest BCUT2D eigenvalue weighted by atomic mass is 10.1. The van der Waals surface area contributed by atoms with Gasteiger partial charge < -0.3 is 15.0 Å². The molecule has 0 aliphatic carbocycles. The molecular weight excluding hydrogens is 597 g/mol. The fourth-order valence-corrected chi connectivity index (χ4v) is 6.26. The van der Waals surface area contributed by atoms with E-state index in [9.17, 15) is 18.0 Å². The number of sulfonamides is 1. The van der Waals surface area contributed by atoms with Crippen LogP contribution in [0.2, 0.25) is 10.0 Å². The zero-order valence-corrected chi connectivity index (χ0v) is 26.8. The lowest BCUT2D eigenvalue weighted by Gasteiger charge is -2.34. The molecule has 0 aliphatic rings. The topological polar surface area (TPSA) is 96.0 Å². The Morgan fingerprint density at radius 2 is 1.52 bits per heavy atom. The predicted molar refractivity (Wildman–Crippen MR) is 168 cm³/mol. The van der Waals surface area contributed by atoms with Crippen molar-refractivity contribution in [2.24, 2.45) is 0 Å². The maximum atomic E-state index is 14.2. The summed E-state index contributed by atoms with van der Waals surface area (Å²) in [6.07, 6.45) is 0.982. The lowest BCUT2D eigenvalue weighted by Crippen LogP contribution is -2.53. The van der Waals surface area contributed by atoms with Crippen molar-refractivity contribution < 1.29 is 22.7 Å². The first-order valence-electron chi connectivity index (χ1n) is 13.7. The molecule has 0 saturated heterocycles. The highest BCUT2D eigenvalue weighted by atomic mass is 35.5. The van der Waals surface area contributed by atoms with E-state index in [1.54, 1.807) is 61.5 Å². The van der Waals surface area contributed by atoms with E-state index in [-0.39, 0.29) is 35.5 Å². The Hall–Kier alpha value is -3.27. The number of carbonyl (C=O) groups is 2. The minimum atomic E-state index is -4.19. The van der Waals surface area contributed by atoms with E-state index < -0.39 is 28.5 Å². The molecule has 0 radical (unpaired) electrons. The average molecular weight is 635 g/mol. The van der Waals surface area contributed by atoms with Gasteiger partial charge >= 0.3 is 0 Å². The first-order chi connectivity index (χ1) is 19.9. The van der Waals surface area contributed by atoms with Crippen LogP contribution in [0.3, 0.4) is 0 Å². The predicted octanol–water partition coefficient (Wildman–Crippen LogP) is 6.23. The Balaban J connectivity index is 2.10. The number of aryl methyl sites for hydroxylation is 1. The van der Waals surface area contributed by atoms with E-state index in [1.165, 1.54) is 24.1 Å². The fraction of sp³-hybridized carbons (Fsp3) is 0.355. The van der Waals surface area contributed by atoms with Gasteiger partial charge in [-0.05, 0) is 75.2 Å². The second-order valence-electron chi connectivity index (χ2n) is 9.99. The van der Waals surface area contributed by atoms with Crippen LogP contribution in [0.25, 0.3) is 0 Å². The van der Waals surface area contributed by atoms with Crippen LogP contribution in [-0.2, 0) is 26.2 Å². The molecular formula is C31H37Cl2N3O5S. The van der Waals surface area contributed by atoms with Crippen LogP contribution < -0.4 is 14.4 Å². The van der Waals surface area contributed by atoms with Crippen LogP contribution in [0.15, 0.2) is 71.6 Å². The number of methoxy groups -OCH3 is 1. The van der Waals surface area contributed by atoms with Gasteiger partial charge in [-0.1, -0.05) is 60.8 Å². The zero-order chi connectivity index (χ0) is 31.0. The third-order valence-electron chi connectivity index (χ3n) is 7.03. The molecule has 1 N–H and O–H groups in total. The normalized spacial score (nSPS) is 12.7. The summed E-state index contributed by atoms with van der Waals surface area (Å²) in [5, 5.41) is 3.61. The number of ether oxygens (including phenoxy) is 1. The monoisotopic (exact) mass is 633 g/mol. The summed E-state index contributed by atoms with van der Waals surface area (Å²) in [5.41, 5.74) is 1.61. The van der Waals surface area contributed by atoms with E-state index in [0.717, 1.165) is 9.87 Å². The van der Waals surface area contributed by atoms with E-state index >= 15 is 0 Å². The van der Waals surface area contributed by atoms with Gasteiger partial charge in [0.2, 0.25) is 11.8 Å². The molecule has 2 amide bonds. The molecule has 2 atom stereocenters. The SMILES string of the molecule is CC[C@H](C(=O)N[C@@H](C)CC)N(Cc1c(Cl)cccc1Cl)C(=O)CN(c1ccc(OC)cc1)S(=O)(=O)c1ccc(C)cc1. The lowest BCUT2D eigenvalue weighted by molar-refractivity contribution is -0.140. The minimum Gasteiger partial charge on any atom is -0.497 e. The summed E-state index contributed by atoms with van der Waals surface area (Å²) < 4.78 is 34.2. The van der Waals surface area contributed by atoms with E-state index in [0.29, 0.717) is 27.8 Å². The third kappa shape index (κ3) is 7.96. The Morgan fingerprint density at radius 1 is 0.929 bits per heavy atom. The van der Waals surface area contributed by atoms with Crippen LogP contribution in [0.5, 0.6) is 5.75 Å². The van der Waals surface area contributed by atoms with Crippen LogP contribution in [0.4, 0.5) is 5.69 Å². The number of benzene rings is 3. The van der Waals surface area contributed by atoms with Gasteiger partial charge in [0.05, 0.1) is 17.7 Å². The molecule has 3 rings (SSSR count). The first-order valence-corrected chi connectivity index (χ1v) is 15.9. The highest BCUT2D eigenvalue weighted by molar-refractivity contribution is 7.92. The molecule has 3 aromatic rings. The number of nitrogens with zero attached hydrogens (tertiary/aromatic N) is 2. The van der Waals surface area contributed by atoms with Gasteiger partial charge in [-0.2, -0.15) is 0 Å². The van der Waals surface area contributed by atoms with E-state index in [4.69, 9.17) is 27.9 Å². The van der Waals surface area contributed by atoms with Crippen molar-refractivity contribution in [3.05, 3.63) is 87.9 Å².